The summed E-state index contributed by atoms with van der Waals surface area (Å²) >= 11 is 0. The van der Waals surface area contributed by atoms with E-state index in [0.29, 0.717) is 11.6 Å². The van der Waals surface area contributed by atoms with Gasteiger partial charge in [0.1, 0.15) is 5.82 Å². The molecule has 1 saturated carbocycles. The summed E-state index contributed by atoms with van der Waals surface area (Å²) in [5, 5.41) is 14.3. The summed E-state index contributed by atoms with van der Waals surface area (Å²) in [6, 6.07) is 3.17. The van der Waals surface area contributed by atoms with E-state index in [2.05, 4.69) is 22.7 Å². The Bertz CT molecular complexity index is 486. The number of nitrogen functional groups attached to an aromatic ring is 1. The van der Waals surface area contributed by atoms with Crippen LogP contribution in [0.4, 0.5) is 17.3 Å². The van der Waals surface area contributed by atoms with Crippen LogP contribution in [0.25, 0.3) is 0 Å². The van der Waals surface area contributed by atoms with E-state index in [1.165, 1.54) is 37.8 Å². The Morgan fingerprint density at radius 3 is 2.67 bits per heavy atom. The highest BCUT2D eigenvalue weighted by Gasteiger charge is 2.24. The van der Waals surface area contributed by atoms with Crippen LogP contribution in [0.3, 0.4) is 0 Å². The third-order valence-corrected chi connectivity index (χ3v) is 4.10. The first-order valence-electron chi connectivity index (χ1n) is 7.52. The molecule has 0 radical (unpaired) electrons. The zero-order valence-corrected chi connectivity index (χ0v) is 12.3. The van der Waals surface area contributed by atoms with Gasteiger partial charge in [-0.15, -0.1) is 0 Å². The number of nitrogens with one attached hydrogen (secondary N) is 2. The van der Waals surface area contributed by atoms with Crippen LogP contribution >= 0.6 is 0 Å². The van der Waals surface area contributed by atoms with Gasteiger partial charge in [0, 0.05) is 12.1 Å². The predicted octanol–water partition coefficient (Wildman–Crippen LogP) is 3.05. The molecule has 4 N–H and O–H groups in total. The van der Waals surface area contributed by atoms with Gasteiger partial charge in [0.25, 0.3) is 0 Å². The van der Waals surface area contributed by atoms with Gasteiger partial charge >= 0.3 is 5.69 Å². The van der Waals surface area contributed by atoms with Crippen molar-refractivity contribution in [1.82, 2.24) is 4.98 Å². The first-order valence-corrected chi connectivity index (χ1v) is 7.52. The van der Waals surface area contributed by atoms with Crippen molar-refractivity contribution in [2.45, 2.75) is 51.5 Å². The lowest BCUT2D eigenvalue weighted by atomic mass is 9.83. The molecule has 2 rings (SSSR count). The van der Waals surface area contributed by atoms with Crippen molar-refractivity contribution >= 4 is 17.3 Å². The Balaban J connectivity index is 2.03. The first-order chi connectivity index (χ1) is 10.1. The highest BCUT2D eigenvalue weighted by molar-refractivity contribution is 5.60. The van der Waals surface area contributed by atoms with Crippen molar-refractivity contribution in [2.24, 2.45) is 11.8 Å². The van der Waals surface area contributed by atoms with Crippen molar-refractivity contribution in [2.75, 3.05) is 10.7 Å². The van der Waals surface area contributed by atoms with Crippen molar-refractivity contribution in [3.05, 3.63) is 22.2 Å². The molecule has 0 spiro atoms. The molecule has 1 aliphatic carbocycles. The standard InChI is InChI=1S/C14H23N5O2/c1-2-3-10-4-6-11(7-5-10)16-14-12(19(20)21)8-9-13(17-14)18-15/h8-11H,2-7,15H2,1H3,(H2,16,17,18). The van der Waals surface area contributed by atoms with E-state index in [9.17, 15) is 10.1 Å². The number of anilines is 2. The Morgan fingerprint density at radius 1 is 1.38 bits per heavy atom. The number of hydrogen-bond acceptors (Lipinski definition) is 6. The van der Waals surface area contributed by atoms with Crippen LogP contribution < -0.4 is 16.6 Å². The second kappa shape index (κ2) is 7.21. The van der Waals surface area contributed by atoms with Crippen LogP contribution in [0, 0.1) is 16.0 Å². The molecule has 7 nitrogen and oxygen atoms in total. The fraction of sp³-hybridized carbons (Fsp3) is 0.643. The van der Waals surface area contributed by atoms with Crippen molar-refractivity contribution in [3.63, 3.8) is 0 Å². The molecular weight excluding hydrogens is 270 g/mol. The van der Waals surface area contributed by atoms with Gasteiger partial charge in [-0.3, -0.25) is 10.1 Å². The van der Waals surface area contributed by atoms with Gasteiger partial charge in [-0.2, -0.15) is 0 Å². The van der Waals surface area contributed by atoms with Gasteiger partial charge in [-0.1, -0.05) is 19.8 Å². The average Bonchev–Trinajstić information content (AvgIpc) is 2.49. The minimum atomic E-state index is -0.418. The molecular formula is C14H23N5O2. The fourth-order valence-corrected chi connectivity index (χ4v) is 2.98. The summed E-state index contributed by atoms with van der Waals surface area (Å²) < 4.78 is 0. The molecule has 0 saturated heterocycles. The molecule has 0 aromatic carbocycles. The van der Waals surface area contributed by atoms with E-state index in [4.69, 9.17) is 5.84 Å². The Labute approximate surface area is 124 Å². The quantitative estimate of drug-likeness (QED) is 0.423. The van der Waals surface area contributed by atoms with Crippen LogP contribution in [0.5, 0.6) is 0 Å². The van der Waals surface area contributed by atoms with E-state index in [0.717, 1.165) is 18.8 Å². The third-order valence-electron chi connectivity index (χ3n) is 4.10. The molecule has 1 aromatic heterocycles. The van der Waals surface area contributed by atoms with Crippen molar-refractivity contribution in [3.8, 4) is 0 Å². The molecule has 0 bridgehead atoms. The van der Waals surface area contributed by atoms with E-state index in [1.807, 2.05) is 0 Å². The molecule has 21 heavy (non-hydrogen) atoms. The molecule has 0 unspecified atom stereocenters. The number of nitro groups is 1. The van der Waals surface area contributed by atoms with Gasteiger partial charge < -0.3 is 10.7 Å². The fourth-order valence-electron chi connectivity index (χ4n) is 2.98. The molecule has 0 amide bonds. The van der Waals surface area contributed by atoms with Gasteiger partial charge in [0.05, 0.1) is 4.92 Å². The number of nitrogens with zero attached hydrogens (tertiary/aromatic N) is 2. The second-order valence-electron chi connectivity index (χ2n) is 5.62. The maximum Gasteiger partial charge on any atom is 0.311 e. The molecule has 1 fully saturated rings. The number of aromatic nitrogens is 1. The summed E-state index contributed by atoms with van der Waals surface area (Å²) in [5.74, 6) is 6.84. The summed E-state index contributed by atoms with van der Waals surface area (Å²) in [7, 11) is 0. The SMILES string of the molecule is CCCC1CCC(Nc2nc(NN)ccc2[N+](=O)[O-])CC1. The molecule has 7 heteroatoms. The van der Waals surface area contributed by atoms with Crippen molar-refractivity contribution in [1.29, 1.82) is 0 Å². The lowest BCUT2D eigenvalue weighted by Gasteiger charge is -2.29. The summed E-state index contributed by atoms with van der Waals surface area (Å²) in [6.45, 7) is 2.21. The van der Waals surface area contributed by atoms with Crippen LogP contribution in [0.2, 0.25) is 0 Å². The highest BCUT2D eigenvalue weighted by atomic mass is 16.6. The number of hydrazine groups is 1. The molecule has 116 valence electrons. The molecule has 1 heterocycles. The van der Waals surface area contributed by atoms with Crippen LogP contribution in [-0.2, 0) is 0 Å². The van der Waals surface area contributed by atoms with E-state index in [1.54, 1.807) is 0 Å². The number of pyridine rings is 1. The summed E-state index contributed by atoms with van der Waals surface area (Å²) in [5.41, 5.74) is 2.41. The molecule has 0 atom stereocenters. The lowest BCUT2D eigenvalue weighted by Crippen LogP contribution is -2.27. The predicted molar refractivity (Wildman–Crippen MR) is 83.0 cm³/mol. The largest absolute Gasteiger partial charge is 0.362 e. The monoisotopic (exact) mass is 293 g/mol. The number of hydrogen-bond donors (Lipinski definition) is 3. The lowest BCUT2D eigenvalue weighted by molar-refractivity contribution is -0.384. The topological polar surface area (TPSA) is 106 Å². The number of rotatable bonds is 6. The smallest absolute Gasteiger partial charge is 0.311 e. The molecule has 1 aromatic rings. The third kappa shape index (κ3) is 4.04. The summed E-state index contributed by atoms with van der Waals surface area (Å²) in [6.07, 6.45) is 6.91. The minimum absolute atomic E-state index is 0.00955. The van der Waals surface area contributed by atoms with E-state index in [-0.39, 0.29) is 11.7 Å². The Morgan fingerprint density at radius 2 is 2.10 bits per heavy atom. The van der Waals surface area contributed by atoms with E-state index >= 15 is 0 Å². The van der Waals surface area contributed by atoms with Gasteiger partial charge in [0.15, 0.2) is 0 Å². The maximum absolute atomic E-state index is 11.1. The van der Waals surface area contributed by atoms with Crippen molar-refractivity contribution < 1.29 is 4.92 Å². The first kappa shape index (κ1) is 15.5. The van der Waals surface area contributed by atoms with Crippen LogP contribution in [-0.4, -0.2) is 15.9 Å². The van der Waals surface area contributed by atoms with Crippen LogP contribution in [0.15, 0.2) is 12.1 Å². The summed E-state index contributed by atoms with van der Waals surface area (Å²) in [4.78, 5) is 14.8. The molecule has 1 aliphatic rings. The molecule has 0 aliphatic heterocycles. The van der Waals surface area contributed by atoms with Gasteiger partial charge in [-0.05, 0) is 37.7 Å². The van der Waals surface area contributed by atoms with Crippen LogP contribution in [0.1, 0.15) is 45.4 Å². The van der Waals surface area contributed by atoms with Gasteiger partial charge in [0.2, 0.25) is 5.82 Å². The Hall–Kier alpha value is -1.89. The second-order valence-corrected chi connectivity index (χ2v) is 5.62. The zero-order valence-electron chi connectivity index (χ0n) is 12.3. The Kier molecular flexibility index (Phi) is 5.32. The average molecular weight is 293 g/mol. The highest BCUT2D eigenvalue weighted by Crippen LogP contribution is 2.31. The zero-order chi connectivity index (χ0) is 15.2. The number of nitrogens with two attached hydrogens (primary N) is 1. The van der Waals surface area contributed by atoms with E-state index < -0.39 is 4.92 Å². The van der Waals surface area contributed by atoms with Gasteiger partial charge in [-0.25, -0.2) is 10.8 Å². The normalized spacial score (nSPS) is 21.8. The minimum Gasteiger partial charge on any atom is -0.362 e. The maximum atomic E-state index is 11.1.